The van der Waals surface area contributed by atoms with Gasteiger partial charge in [0.15, 0.2) is 0 Å². The summed E-state index contributed by atoms with van der Waals surface area (Å²) < 4.78 is 7.12. The molecule has 1 amide bonds. The molecule has 0 saturated carbocycles. The Morgan fingerprint density at radius 3 is 2.70 bits per heavy atom. The van der Waals surface area contributed by atoms with Crippen molar-refractivity contribution in [3.8, 4) is 11.3 Å². The first-order valence-electron chi connectivity index (χ1n) is 7.44. The van der Waals surface area contributed by atoms with E-state index in [1.165, 1.54) is 0 Å². The van der Waals surface area contributed by atoms with Crippen molar-refractivity contribution in [3.05, 3.63) is 60.4 Å². The van der Waals surface area contributed by atoms with Crippen LogP contribution in [0.3, 0.4) is 0 Å². The predicted octanol–water partition coefficient (Wildman–Crippen LogP) is 3.42. The highest BCUT2D eigenvalue weighted by Gasteiger charge is 2.22. The van der Waals surface area contributed by atoms with Gasteiger partial charge in [-0.2, -0.15) is 0 Å². The van der Waals surface area contributed by atoms with Gasteiger partial charge in [0.1, 0.15) is 11.2 Å². The fourth-order valence-corrected chi connectivity index (χ4v) is 2.68. The Morgan fingerprint density at radius 2 is 2.00 bits per heavy atom. The molecule has 2 heterocycles. The molecule has 0 radical (unpaired) electrons. The molecule has 118 valence electrons. The topological polar surface area (TPSA) is 69.6 Å². The van der Waals surface area contributed by atoms with Crippen molar-refractivity contribution >= 4 is 11.7 Å². The molecule has 0 atom stereocenters. The third-order valence-corrected chi connectivity index (χ3v) is 3.60. The summed E-state index contributed by atoms with van der Waals surface area (Å²) in [5.41, 5.74) is 8.36. The predicted molar refractivity (Wildman–Crippen MR) is 89.1 cm³/mol. The maximum atomic E-state index is 11.0. The Kier molecular flexibility index (Phi) is 3.78. The SMILES string of the molecule is CC(C)(Cc1ccn2cc(-c3ccccc3)nc2c1)OC(N)=O. The van der Waals surface area contributed by atoms with Crippen LogP contribution in [0.1, 0.15) is 19.4 Å². The number of rotatable bonds is 4. The average molecular weight is 309 g/mol. The lowest BCUT2D eigenvalue weighted by Gasteiger charge is -2.23. The van der Waals surface area contributed by atoms with Gasteiger partial charge in [-0.3, -0.25) is 0 Å². The van der Waals surface area contributed by atoms with Crippen molar-refractivity contribution in [1.82, 2.24) is 9.38 Å². The molecule has 5 heteroatoms. The molecule has 5 nitrogen and oxygen atoms in total. The molecule has 1 aromatic carbocycles. The van der Waals surface area contributed by atoms with Crippen molar-refractivity contribution in [2.45, 2.75) is 25.9 Å². The summed E-state index contributed by atoms with van der Waals surface area (Å²) in [6, 6.07) is 14.0. The van der Waals surface area contributed by atoms with Crippen LogP contribution in [0.4, 0.5) is 4.79 Å². The normalized spacial score (nSPS) is 11.6. The molecule has 0 bridgehead atoms. The highest BCUT2D eigenvalue weighted by Crippen LogP contribution is 2.21. The lowest BCUT2D eigenvalue weighted by Crippen LogP contribution is -2.33. The Bertz CT molecular complexity index is 838. The van der Waals surface area contributed by atoms with Gasteiger partial charge in [0, 0.05) is 24.4 Å². The van der Waals surface area contributed by atoms with E-state index >= 15 is 0 Å². The quantitative estimate of drug-likeness (QED) is 0.803. The number of primary amides is 1. The van der Waals surface area contributed by atoms with Crippen LogP contribution in [0.5, 0.6) is 0 Å². The number of amides is 1. The second-order valence-corrected chi connectivity index (χ2v) is 6.15. The van der Waals surface area contributed by atoms with Crippen molar-refractivity contribution in [2.75, 3.05) is 0 Å². The van der Waals surface area contributed by atoms with Gasteiger partial charge >= 0.3 is 6.09 Å². The zero-order valence-corrected chi connectivity index (χ0v) is 13.2. The van der Waals surface area contributed by atoms with E-state index in [0.29, 0.717) is 6.42 Å². The zero-order valence-electron chi connectivity index (χ0n) is 13.2. The van der Waals surface area contributed by atoms with E-state index in [-0.39, 0.29) is 0 Å². The molecule has 3 rings (SSSR count). The van der Waals surface area contributed by atoms with Gasteiger partial charge in [0.2, 0.25) is 0 Å². The fourth-order valence-electron chi connectivity index (χ4n) is 2.68. The van der Waals surface area contributed by atoms with Gasteiger partial charge in [0.25, 0.3) is 0 Å². The minimum atomic E-state index is -0.761. The minimum Gasteiger partial charge on any atom is -0.443 e. The Hall–Kier alpha value is -2.82. The molecule has 0 saturated heterocycles. The Morgan fingerprint density at radius 1 is 1.26 bits per heavy atom. The van der Waals surface area contributed by atoms with Gasteiger partial charge in [-0.05, 0) is 31.5 Å². The van der Waals surface area contributed by atoms with Crippen LogP contribution in [-0.2, 0) is 11.2 Å². The lowest BCUT2D eigenvalue weighted by molar-refractivity contribution is 0.0460. The molecule has 0 aliphatic heterocycles. The summed E-state index contributed by atoms with van der Waals surface area (Å²) in [6.45, 7) is 3.67. The molecule has 0 aliphatic rings. The monoisotopic (exact) mass is 309 g/mol. The third kappa shape index (κ3) is 3.51. The van der Waals surface area contributed by atoms with E-state index in [0.717, 1.165) is 22.5 Å². The molecule has 0 fully saturated rings. The van der Waals surface area contributed by atoms with Crippen LogP contribution in [0.25, 0.3) is 16.9 Å². The van der Waals surface area contributed by atoms with Crippen LogP contribution >= 0.6 is 0 Å². The zero-order chi connectivity index (χ0) is 16.4. The van der Waals surface area contributed by atoms with Crippen LogP contribution in [0, 0.1) is 0 Å². The molecule has 0 aliphatic carbocycles. The number of hydrogen-bond donors (Lipinski definition) is 1. The van der Waals surface area contributed by atoms with Gasteiger partial charge in [0.05, 0.1) is 5.69 Å². The fraction of sp³-hybridized carbons (Fsp3) is 0.222. The molecule has 0 unspecified atom stereocenters. The van der Waals surface area contributed by atoms with E-state index in [4.69, 9.17) is 10.5 Å². The molecule has 2 N–H and O–H groups in total. The van der Waals surface area contributed by atoms with Gasteiger partial charge in [-0.25, -0.2) is 9.78 Å². The van der Waals surface area contributed by atoms with Crippen molar-refractivity contribution in [2.24, 2.45) is 5.73 Å². The number of nitrogens with two attached hydrogens (primary N) is 1. The number of benzene rings is 1. The van der Waals surface area contributed by atoms with Crippen molar-refractivity contribution < 1.29 is 9.53 Å². The van der Waals surface area contributed by atoms with Gasteiger partial charge in [-0.15, -0.1) is 0 Å². The first kappa shape index (κ1) is 15.1. The van der Waals surface area contributed by atoms with Crippen molar-refractivity contribution in [1.29, 1.82) is 0 Å². The Balaban J connectivity index is 1.89. The van der Waals surface area contributed by atoms with E-state index in [1.54, 1.807) is 0 Å². The number of ether oxygens (including phenoxy) is 1. The standard InChI is InChI=1S/C18H19N3O2/c1-18(2,23-17(19)22)11-13-8-9-21-12-15(20-16(21)10-13)14-6-4-3-5-7-14/h3-10,12H,11H2,1-2H3,(H2,19,22). The van der Waals surface area contributed by atoms with E-state index in [9.17, 15) is 4.79 Å². The molecular formula is C18H19N3O2. The number of carbonyl (C=O) groups excluding carboxylic acids is 1. The number of carbonyl (C=O) groups is 1. The summed E-state index contributed by atoms with van der Waals surface area (Å²) >= 11 is 0. The van der Waals surface area contributed by atoms with Crippen LogP contribution in [0.15, 0.2) is 54.9 Å². The highest BCUT2D eigenvalue weighted by molar-refractivity contribution is 5.65. The van der Waals surface area contributed by atoms with Gasteiger partial charge in [-0.1, -0.05) is 30.3 Å². The Labute approximate surface area is 134 Å². The lowest BCUT2D eigenvalue weighted by atomic mass is 9.99. The molecule has 0 spiro atoms. The van der Waals surface area contributed by atoms with Crippen molar-refractivity contribution in [3.63, 3.8) is 0 Å². The molecule has 2 aromatic heterocycles. The van der Waals surface area contributed by atoms with Crippen LogP contribution in [0.2, 0.25) is 0 Å². The summed E-state index contributed by atoms with van der Waals surface area (Å²) in [4.78, 5) is 15.6. The number of imidazole rings is 1. The summed E-state index contributed by atoms with van der Waals surface area (Å²) in [5, 5.41) is 0. The second-order valence-electron chi connectivity index (χ2n) is 6.15. The summed E-state index contributed by atoms with van der Waals surface area (Å²) in [6.07, 6.45) is 3.77. The summed E-state index contributed by atoms with van der Waals surface area (Å²) in [5.74, 6) is 0. The number of fused-ring (bicyclic) bond motifs is 1. The number of aromatic nitrogens is 2. The van der Waals surface area contributed by atoms with E-state index < -0.39 is 11.7 Å². The first-order valence-corrected chi connectivity index (χ1v) is 7.44. The van der Waals surface area contributed by atoms with Crippen LogP contribution in [-0.4, -0.2) is 21.1 Å². The largest absolute Gasteiger partial charge is 0.443 e. The molecule has 23 heavy (non-hydrogen) atoms. The number of nitrogens with zero attached hydrogens (tertiary/aromatic N) is 2. The average Bonchev–Trinajstić information content (AvgIpc) is 2.89. The summed E-state index contributed by atoms with van der Waals surface area (Å²) in [7, 11) is 0. The third-order valence-electron chi connectivity index (χ3n) is 3.60. The van der Waals surface area contributed by atoms with E-state index in [2.05, 4.69) is 4.98 Å². The van der Waals surface area contributed by atoms with E-state index in [1.807, 2.05) is 73.1 Å². The van der Waals surface area contributed by atoms with Gasteiger partial charge < -0.3 is 14.9 Å². The van der Waals surface area contributed by atoms with Crippen LogP contribution < -0.4 is 5.73 Å². The smallest absolute Gasteiger partial charge is 0.405 e. The highest BCUT2D eigenvalue weighted by atomic mass is 16.6. The minimum absolute atomic E-state index is 0.569. The maximum Gasteiger partial charge on any atom is 0.405 e. The number of pyridine rings is 1. The molecule has 3 aromatic rings. The number of hydrogen-bond acceptors (Lipinski definition) is 3. The first-order chi connectivity index (χ1) is 10.9. The second kappa shape index (κ2) is 5.76. The maximum absolute atomic E-state index is 11.0. The molecular weight excluding hydrogens is 290 g/mol.